The second-order valence-electron chi connectivity index (χ2n) is 8.46. The van der Waals surface area contributed by atoms with E-state index in [2.05, 4.69) is 48.3 Å². The largest absolute Gasteiger partial charge is 0.369 e. The molecule has 2 N–H and O–H groups in total. The first-order valence-corrected chi connectivity index (χ1v) is 10.4. The minimum absolute atomic E-state index is 0.113. The molecule has 4 rings (SSSR count). The molecule has 0 bridgehead atoms. The van der Waals surface area contributed by atoms with E-state index in [1.807, 2.05) is 23.1 Å². The summed E-state index contributed by atoms with van der Waals surface area (Å²) in [6.45, 7) is 1.92. The van der Waals surface area contributed by atoms with E-state index in [1.54, 1.807) is 0 Å². The summed E-state index contributed by atoms with van der Waals surface area (Å²) in [6.07, 6.45) is 2.77. The molecule has 2 aromatic carbocycles. The number of hydrogen-bond donors (Lipinski definition) is 1. The summed E-state index contributed by atoms with van der Waals surface area (Å²) in [5.41, 5.74) is 8.61. The number of nitrogens with two attached hydrogens (primary N) is 1. The van der Waals surface area contributed by atoms with Gasteiger partial charge in [-0.2, -0.15) is 0 Å². The third-order valence-corrected chi connectivity index (χ3v) is 6.66. The highest BCUT2D eigenvalue weighted by Gasteiger charge is 2.49. The summed E-state index contributed by atoms with van der Waals surface area (Å²) in [6, 6.07) is 18.7. The van der Waals surface area contributed by atoms with Crippen molar-refractivity contribution >= 4 is 11.8 Å². The van der Waals surface area contributed by atoms with Crippen molar-refractivity contribution in [1.29, 1.82) is 0 Å². The van der Waals surface area contributed by atoms with Crippen LogP contribution in [0.1, 0.15) is 29.5 Å². The normalized spacial score (nSPS) is 18.6. The molecule has 0 spiro atoms. The van der Waals surface area contributed by atoms with Gasteiger partial charge >= 0.3 is 0 Å². The maximum absolute atomic E-state index is 13.9. The Labute approximate surface area is 172 Å². The quantitative estimate of drug-likeness (QED) is 0.851. The van der Waals surface area contributed by atoms with Crippen LogP contribution in [0, 0.1) is 5.92 Å². The molecule has 5 heteroatoms. The van der Waals surface area contributed by atoms with Crippen LogP contribution in [0.25, 0.3) is 0 Å². The average molecular weight is 392 g/mol. The molecular weight excluding hydrogens is 362 g/mol. The SMILES string of the molecule is CN(Cc1ccccc1)C1(C(=O)N2CCC(C(N)=O)CC2)Cc2ccccc2C1. The Hall–Kier alpha value is -2.66. The van der Waals surface area contributed by atoms with Crippen molar-refractivity contribution in [2.45, 2.75) is 37.8 Å². The van der Waals surface area contributed by atoms with Gasteiger partial charge < -0.3 is 10.6 Å². The fraction of sp³-hybridized carbons (Fsp3) is 0.417. The molecule has 1 aliphatic heterocycles. The third-order valence-electron chi connectivity index (χ3n) is 6.66. The first-order valence-electron chi connectivity index (χ1n) is 10.4. The minimum Gasteiger partial charge on any atom is -0.369 e. The lowest BCUT2D eigenvalue weighted by atomic mass is 9.88. The monoisotopic (exact) mass is 391 g/mol. The number of piperidine rings is 1. The van der Waals surface area contributed by atoms with Crippen molar-refractivity contribution in [2.24, 2.45) is 11.7 Å². The molecule has 5 nitrogen and oxygen atoms in total. The number of likely N-dealkylation sites (tertiary alicyclic amines) is 1. The highest BCUT2D eigenvalue weighted by atomic mass is 16.2. The van der Waals surface area contributed by atoms with Crippen LogP contribution in [0.15, 0.2) is 54.6 Å². The number of carbonyl (C=O) groups is 2. The van der Waals surface area contributed by atoms with E-state index >= 15 is 0 Å². The Morgan fingerprint density at radius 2 is 1.55 bits per heavy atom. The maximum Gasteiger partial charge on any atom is 0.243 e. The molecule has 0 radical (unpaired) electrons. The smallest absolute Gasteiger partial charge is 0.243 e. The summed E-state index contributed by atoms with van der Waals surface area (Å²) in [7, 11) is 2.06. The average Bonchev–Trinajstić information content (AvgIpc) is 3.15. The van der Waals surface area contributed by atoms with Crippen molar-refractivity contribution in [2.75, 3.05) is 20.1 Å². The number of benzene rings is 2. The lowest BCUT2D eigenvalue weighted by molar-refractivity contribution is -0.146. The molecular formula is C24H29N3O2. The van der Waals surface area contributed by atoms with Gasteiger partial charge in [-0.05, 0) is 36.6 Å². The predicted molar refractivity (Wildman–Crippen MR) is 113 cm³/mol. The van der Waals surface area contributed by atoms with Gasteiger partial charge in [0.15, 0.2) is 0 Å². The second-order valence-corrected chi connectivity index (χ2v) is 8.46. The molecule has 1 heterocycles. The van der Waals surface area contributed by atoms with E-state index in [1.165, 1.54) is 16.7 Å². The molecule has 0 unspecified atom stereocenters. The number of hydrogen-bond acceptors (Lipinski definition) is 3. The lowest BCUT2D eigenvalue weighted by Crippen LogP contribution is -2.60. The first kappa shape index (κ1) is 19.6. The van der Waals surface area contributed by atoms with Crippen LogP contribution in [0.4, 0.5) is 0 Å². The fourth-order valence-corrected chi connectivity index (χ4v) is 4.85. The zero-order valence-electron chi connectivity index (χ0n) is 17.0. The molecule has 0 saturated carbocycles. The van der Waals surface area contributed by atoms with Gasteiger partial charge in [-0.15, -0.1) is 0 Å². The van der Waals surface area contributed by atoms with Gasteiger partial charge in [0.25, 0.3) is 0 Å². The van der Waals surface area contributed by atoms with Gasteiger partial charge in [0.1, 0.15) is 5.54 Å². The van der Waals surface area contributed by atoms with Crippen LogP contribution in [-0.2, 0) is 29.0 Å². The number of amides is 2. The zero-order chi connectivity index (χ0) is 20.4. The summed E-state index contributed by atoms with van der Waals surface area (Å²) < 4.78 is 0. The van der Waals surface area contributed by atoms with E-state index in [-0.39, 0.29) is 17.7 Å². The van der Waals surface area contributed by atoms with Crippen LogP contribution < -0.4 is 5.73 Å². The molecule has 2 amide bonds. The lowest BCUT2D eigenvalue weighted by Gasteiger charge is -2.43. The van der Waals surface area contributed by atoms with Crippen LogP contribution in [0.5, 0.6) is 0 Å². The molecule has 152 valence electrons. The molecule has 0 atom stereocenters. The van der Waals surface area contributed by atoms with Gasteiger partial charge in [-0.1, -0.05) is 54.6 Å². The first-order chi connectivity index (χ1) is 14.0. The molecule has 1 aliphatic carbocycles. The summed E-state index contributed by atoms with van der Waals surface area (Å²) in [5.74, 6) is -0.186. The van der Waals surface area contributed by atoms with E-state index in [9.17, 15) is 9.59 Å². The van der Waals surface area contributed by atoms with Gasteiger partial charge in [0.05, 0.1) is 0 Å². The van der Waals surface area contributed by atoms with Crippen LogP contribution in [0.3, 0.4) is 0 Å². The topological polar surface area (TPSA) is 66.6 Å². The number of nitrogens with zero attached hydrogens (tertiary/aromatic N) is 2. The van der Waals surface area contributed by atoms with Gasteiger partial charge in [-0.25, -0.2) is 0 Å². The number of primary amides is 1. The summed E-state index contributed by atoms with van der Waals surface area (Å²) in [4.78, 5) is 29.6. The van der Waals surface area contributed by atoms with Gasteiger partial charge in [0.2, 0.25) is 11.8 Å². The Balaban J connectivity index is 1.59. The molecule has 2 aliphatic rings. The molecule has 2 aromatic rings. The number of rotatable bonds is 5. The van der Waals surface area contributed by atoms with Gasteiger partial charge in [0, 0.05) is 38.4 Å². The highest BCUT2D eigenvalue weighted by molar-refractivity contribution is 5.88. The number of likely N-dealkylation sites (N-methyl/N-ethyl adjacent to an activating group) is 1. The Kier molecular flexibility index (Phi) is 5.41. The maximum atomic E-state index is 13.9. The summed E-state index contributed by atoms with van der Waals surface area (Å²) >= 11 is 0. The van der Waals surface area contributed by atoms with Crippen molar-refractivity contribution in [1.82, 2.24) is 9.80 Å². The van der Waals surface area contributed by atoms with Gasteiger partial charge in [-0.3, -0.25) is 14.5 Å². The molecule has 1 fully saturated rings. The van der Waals surface area contributed by atoms with Crippen molar-refractivity contribution in [3.05, 3.63) is 71.3 Å². The highest BCUT2D eigenvalue weighted by Crippen LogP contribution is 2.37. The Bertz CT molecular complexity index is 863. The zero-order valence-corrected chi connectivity index (χ0v) is 17.0. The van der Waals surface area contributed by atoms with Crippen LogP contribution >= 0.6 is 0 Å². The van der Waals surface area contributed by atoms with Crippen molar-refractivity contribution < 1.29 is 9.59 Å². The standard InChI is InChI=1S/C24H29N3O2/c1-26(17-18-7-3-2-4-8-18)24(15-20-9-5-6-10-21(20)16-24)23(29)27-13-11-19(12-14-27)22(25)28/h2-10,19H,11-17H2,1H3,(H2,25,28). The summed E-state index contributed by atoms with van der Waals surface area (Å²) in [5, 5.41) is 0. The Morgan fingerprint density at radius 3 is 2.10 bits per heavy atom. The minimum atomic E-state index is -0.584. The van der Waals surface area contributed by atoms with Crippen LogP contribution in [0.2, 0.25) is 0 Å². The van der Waals surface area contributed by atoms with Crippen molar-refractivity contribution in [3.8, 4) is 0 Å². The van der Waals surface area contributed by atoms with E-state index < -0.39 is 5.54 Å². The second kappa shape index (κ2) is 7.99. The van der Waals surface area contributed by atoms with E-state index in [0.29, 0.717) is 25.9 Å². The Morgan fingerprint density at radius 1 is 1.00 bits per heavy atom. The predicted octanol–water partition coefficient (Wildman–Crippen LogP) is 2.38. The number of fused-ring (bicyclic) bond motifs is 1. The van der Waals surface area contributed by atoms with E-state index in [0.717, 1.165) is 19.4 Å². The van der Waals surface area contributed by atoms with E-state index in [4.69, 9.17) is 5.73 Å². The fourth-order valence-electron chi connectivity index (χ4n) is 4.85. The third kappa shape index (κ3) is 3.79. The van der Waals surface area contributed by atoms with Crippen LogP contribution in [-0.4, -0.2) is 47.3 Å². The molecule has 29 heavy (non-hydrogen) atoms. The number of carbonyl (C=O) groups excluding carboxylic acids is 2. The molecule has 0 aromatic heterocycles. The van der Waals surface area contributed by atoms with Crippen molar-refractivity contribution in [3.63, 3.8) is 0 Å². The molecule has 1 saturated heterocycles.